The van der Waals surface area contributed by atoms with E-state index in [1.165, 1.54) is 4.88 Å². The lowest BCUT2D eigenvalue weighted by molar-refractivity contribution is -0.132. The third kappa shape index (κ3) is 3.36. The number of amides is 1. The second-order valence-corrected chi connectivity index (χ2v) is 7.87. The summed E-state index contributed by atoms with van der Waals surface area (Å²) in [6, 6.07) is 11.5. The van der Waals surface area contributed by atoms with Gasteiger partial charge in [-0.1, -0.05) is 19.1 Å². The Morgan fingerprint density at radius 3 is 2.93 bits per heavy atom. The maximum absolute atomic E-state index is 12.8. The van der Waals surface area contributed by atoms with E-state index in [1.54, 1.807) is 22.1 Å². The number of rotatable bonds is 4. The highest BCUT2D eigenvalue weighted by atomic mass is 32.1. The molecular formula is C20H19N5OS. The molecule has 1 aliphatic heterocycles. The Morgan fingerprint density at radius 2 is 2.19 bits per heavy atom. The van der Waals surface area contributed by atoms with Crippen molar-refractivity contribution in [1.29, 1.82) is 5.26 Å². The SMILES string of the molecule is CCc1cc(-c2cccc(C#N)c2)nn1CC(=O)N1Cc2nc(C)sc2C1. The second kappa shape index (κ2) is 6.97. The Morgan fingerprint density at radius 1 is 1.33 bits per heavy atom. The molecule has 1 aromatic carbocycles. The molecule has 4 rings (SSSR count). The van der Waals surface area contributed by atoms with Crippen molar-refractivity contribution < 1.29 is 4.79 Å². The standard InChI is InChI=1S/C20H19N5OS/c1-3-16-8-17(15-6-4-5-14(7-15)9-21)23-25(16)12-20(26)24-10-18-19(11-24)27-13(2)22-18/h4-8H,3,10-12H2,1-2H3. The number of aryl methyl sites for hydroxylation is 2. The Kier molecular flexibility index (Phi) is 4.50. The van der Waals surface area contributed by atoms with Gasteiger partial charge in [0.15, 0.2) is 0 Å². The monoisotopic (exact) mass is 377 g/mol. The molecule has 0 saturated carbocycles. The third-order valence-electron chi connectivity index (χ3n) is 4.71. The van der Waals surface area contributed by atoms with Crippen LogP contribution in [0, 0.1) is 18.3 Å². The van der Waals surface area contributed by atoms with Gasteiger partial charge in [0.25, 0.3) is 0 Å². The number of carbonyl (C=O) groups is 1. The Labute approximate surface area is 161 Å². The van der Waals surface area contributed by atoms with Crippen LogP contribution in [0.25, 0.3) is 11.3 Å². The number of nitrogens with zero attached hydrogens (tertiary/aromatic N) is 5. The van der Waals surface area contributed by atoms with Crippen LogP contribution in [0.3, 0.4) is 0 Å². The molecule has 1 amide bonds. The topological polar surface area (TPSA) is 74.8 Å². The molecule has 2 aromatic heterocycles. The molecular weight excluding hydrogens is 358 g/mol. The highest BCUT2D eigenvalue weighted by Crippen LogP contribution is 2.28. The summed E-state index contributed by atoms with van der Waals surface area (Å²) in [6.45, 7) is 5.48. The summed E-state index contributed by atoms with van der Waals surface area (Å²) in [6.07, 6.45) is 0.784. The molecule has 0 radical (unpaired) electrons. The molecule has 7 heteroatoms. The molecule has 0 aliphatic carbocycles. The lowest BCUT2D eigenvalue weighted by atomic mass is 10.1. The van der Waals surface area contributed by atoms with E-state index < -0.39 is 0 Å². The van der Waals surface area contributed by atoms with Gasteiger partial charge in [0, 0.05) is 16.1 Å². The van der Waals surface area contributed by atoms with Crippen LogP contribution in [0.5, 0.6) is 0 Å². The van der Waals surface area contributed by atoms with Crippen LogP contribution < -0.4 is 0 Å². The highest BCUT2D eigenvalue weighted by molar-refractivity contribution is 7.11. The van der Waals surface area contributed by atoms with Gasteiger partial charge in [0.05, 0.1) is 41.1 Å². The molecule has 0 N–H and O–H groups in total. The Bertz CT molecular complexity index is 1040. The predicted molar refractivity (Wildman–Crippen MR) is 103 cm³/mol. The van der Waals surface area contributed by atoms with Gasteiger partial charge in [-0.05, 0) is 31.5 Å². The molecule has 136 valence electrons. The van der Waals surface area contributed by atoms with Gasteiger partial charge in [0.2, 0.25) is 5.91 Å². The molecule has 0 atom stereocenters. The molecule has 0 spiro atoms. The van der Waals surface area contributed by atoms with E-state index in [-0.39, 0.29) is 12.5 Å². The Balaban J connectivity index is 1.53. The van der Waals surface area contributed by atoms with E-state index in [2.05, 4.69) is 16.2 Å². The van der Waals surface area contributed by atoms with Gasteiger partial charge >= 0.3 is 0 Å². The molecule has 0 bridgehead atoms. The first-order valence-corrected chi connectivity index (χ1v) is 9.69. The largest absolute Gasteiger partial charge is 0.330 e. The van der Waals surface area contributed by atoms with Crippen LogP contribution in [0.15, 0.2) is 30.3 Å². The van der Waals surface area contributed by atoms with E-state index in [1.807, 2.05) is 43.0 Å². The van der Waals surface area contributed by atoms with Crippen molar-refractivity contribution in [2.75, 3.05) is 0 Å². The van der Waals surface area contributed by atoms with Crippen molar-refractivity contribution in [3.8, 4) is 17.3 Å². The molecule has 27 heavy (non-hydrogen) atoms. The van der Waals surface area contributed by atoms with Gasteiger partial charge in [-0.25, -0.2) is 4.98 Å². The van der Waals surface area contributed by atoms with Crippen molar-refractivity contribution in [3.63, 3.8) is 0 Å². The van der Waals surface area contributed by atoms with Crippen LogP contribution in [0.2, 0.25) is 0 Å². The first kappa shape index (κ1) is 17.4. The summed E-state index contributed by atoms with van der Waals surface area (Å²) >= 11 is 1.66. The van der Waals surface area contributed by atoms with Gasteiger partial charge in [0.1, 0.15) is 6.54 Å². The fourth-order valence-electron chi connectivity index (χ4n) is 3.34. The summed E-state index contributed by atoms with van der Waals surface area (Å²) in [5, 5.41) is 14.8. The summed E-state index contributed by atoms with van der Waals surface area (Å²) < 4.78 is 1.78. The minimum atomic E-state index is 0.0491. The van der Waals surface area contributed by atoms with Gasteiger partial charge in [-0.2, -0.15) is 10.4 Å². The van der Waals surface area contributed by atoms with Gasteiger partial charge < -0.3 is 4.90 Å². The minimum Gasteiger partial charge on any atom is -0.330 e. The van der Waals surface area contributed by atoms with Crippen LogP contribution >= 0.6 is 11.3 Å². The van der Waals surface area contributed by atoms with Crippen LogP contribution in [-0.4, -0.2) is 25.6 Å². The number of aromatic nitrogens is 3. The average Bonchev–Trinajstić information content (AvgIpc) is 3.34. The fourth-order valence-corrected chi connectivity index (χ4v) is 4.30. The molecule has 6 nitrogen and oxygen atoms in total. The number of hydrogen-bond donors (Lipinski definition) is 0. The minimum absolute atomic E-state index is 0.0491. The fraction of sp³-hybridized carbons (Fsp3) is 0.300. The van der Waals surface area contributed by atoms with Crippen molar-refractivity contribution in [2.45, 2.75) is 39.9 Å². The van der Waals surface area contributed by atoms with E-state index in [0.29, 0.717) is 18.7 Å². The third-order valence-corrected chi connectivity index (χ3v) is 5.71. The molecule has 3 heterocycles. The van der Waals surface area contributed by atoms with E-state index in [0.717, 1.165) is 34.1 Å². The second-order valence-electron chi connectivity index (χ2n) is 6.58. The van der Waals surface area contributed by atoms with Crippen LogP contribution in [0.1, 0.15) is 33.8 Å². The summed E-state index contributed by atoms with van der Waals surface area (Å²) in [5.74, 6) is 0.0491. The van der Waals surface area contributed by atoms with Gasteiger partial charge in [-0.15, -0.1) is 11.3 Å². The van der Waals surface area contributed by atoms with Crippen molar-refractivity contribution >= 4 is 17.2 Å². The van der Waals surface area contributed by atoms with E-state index in [4.69, 9.17) is 5.26 Å². The average molecular weight is 377 g/mol. The normalized spacial score (nSPS) is 12.9. The van der Waals surface area contributed by atoms with Gasteiger partial charge in [-0.3, -0.25) is 9.48 Å². The Hall–Kier alpha value is -2.98. The summed E-state index contributed by atoms with van der Waals surface area (Å²) in [7, 11) is 0. The summed E-state index contributed by atoms with van der Waals surface area (Å²) in [4.78, 5) is 20.3. The predicted octanol–water partition coefficient (Wildman–Crippen LogP) is 3.29. The molecule has 1 aliphatic rings. The van der Waals surface area contributed by atoms with Crippen molar-refractivity contribution in [3.05, 3.63) is 57.2 Å². The van der Waals surface area contributed by atoms with Crippen LogP contribution in [-0.2, 0) is 30.8 Å². The number of carbonyl (C=O) groups excluding carboxylic acids is 1. The molecule has 0 fully saturated rings. The zero-order chi connectivity index (χ0) is 19.0. The molecule has 0 saturated heterocycles. The summed E-state index contributed by atoms with van der Waals surface area (Å²) in [5.41, 5.74) is 4.30. The van der Waals surface area contributed by atoms with Crippen molar-refractivity contribution in [1.82, 2.24) is 19.7 Å². The number of fused-ring (bicyclic) bond motifs is 1. The van der Waals surface area contributed by atoms with E-state index in [9.17, 15) is 4.79 Å². The first-order valence-electron chi connectivity index (χ1n) is 8.87. The quantitative estimate of drug-likeness (QED) is 0.699. The molecule has 3 aromatic rings. The van der Waals surface area contributed by atoms with Crippen LogP contribution in [0.4, 0.5) is 0 Å². The smallest absolute Gasteiger partial charge is 0.244 e. The maximum Gasteiger partial charge on any atom is 0.244 e. The number of hydrogen-bond acceptors (Lipinski definition) is 5. The van der Waals surface area contributed by atoms with E-state index >= 15 is 0 Å². The zero-order valence-corrected chi connectivity index (χ0v) is 16.1. The lowest BCUT2D eigenvalue weighted by Crippen LogP contribution is -2.30. The number of benzene rings is 1. The maximum atomic E-state index is 12.8. The number of thiazole rings is 1. The van der Waals surface area contributed by atoms with Crippen molar-refractivity contribution in [2.24, 2.45) is 0 Å². The molecule has 0 unspecified atom stereocenters. The number of nitriles is 1. The zero-order valence-electron chi connectivity index (χ0n) is 15.3. The lowest BCUT2D eigenvalue weighted by Gasteiger charge is -2.16. The highest BCUT2D eigenvalue weighted by Gasteiger charge is 2.27. The first-order chi connectivity index (χ1) is 13.1.